The SMILES string of the molecule is CCCOc1cccc(N2CC(O)=C(c3nc(-c4ccc(C)cc4)cs3)C2=N)c1. The Morgan fingerprint density at radius 3 is 2.76 bits per heavy atom. The molecule has 3 aromatic rings. The van der Waals surface area contributed by atoms with Crippen LogP contribution in [0.5, 0.6) is 5.75 Å². The molecule has 0 atom stereocenters. The average Bonchev–Trinajstić information content (AvgIpc) is 3.31. The van der Waals surface area contributed by atoms with Crippen LogP contribution in [0.25, 0.3) is 16.8 Å². The Morgan fingerprint density at radius 1 is 1.21 bits per heavy atom. The third-order valence-electron chi connectivity index (χ3n) is 4.77. The summed E-state index contributed by atoms with van der Waals surface area (Å²) in [5.74, 6) is 1.18. The van der Waals surface area contributed by atoms with E-state index in [0.717, 1.165) is 29.1 Å². The van der Waals surface area contributed by atoms with Gasteiger partial charge in [0, 0.05) is 22.7 Å². The Bertz CT molecular complexity index is 1070. The number of nitrogens with one attached hydrogen (secondary N) is 1. The van der Waals surface area contributed by atoms with E-state index >= 15 is 0 Å². The molecule has 0 unspecified atom stereocenters. The number of ether oxygens (including phenoxy) is 1. The molecule has 2 aromatic carbocycles. The van der Waals surface area contributed by atoms with Crippen molar-refractivity contribution in [2.24, 2.45) is 0 Å². The monoisotopic (exact) mass is 405 g/mol. The minimum Gasteiger partial charge on any atom is -0.510 e. The van der Waals surface area contributed by atoms with Gasteiger partial charge in [0.1, 0.15) is 22.4 Å². The zero-order valence-electron chi connectivity index (χ0n) is 16.5. The zero-order valence-corrected chi connectivity index (χ0v) is 17.3. The predicted molar refractivity (Wildman–Crippen MR) is 119 cm³/mol. The van der Waals surface area contributed by atoms with Gasteiger partial charge in [0.25, 0.3) is 0 Å². The highest BCUT2D eigenvalue weighted by Gasteiger charge is 2.31. The molecule has 148 valence electrons. The maximum Gasteiger partial charge on any atom is 0.139 e. The lowest BCUT2D eigenvalue weighted by Gasteiger charge is -2.19. The summed E-state index contributed by atoms with van der Waals surface area (Å²) < 4.78 is 5.71. The highest BCUT2D eigenvalue weighted by molar-refractivity contribution is 7.11. The van der Waals surface area contributed by atoms with Crippen LogP contribution in [0.1, 0.15) is 23.9 Å². The Balaban J connectivity index is 1.58. The minimum absolute atomic E-state index is 0.166. The molecule has 0 fully saturated rings. The van der Waals surface area contributed by atoms with Crippen molar-refractivity contribution >= 4 is 28.4 Å². The van der Waals surface area contributed by atoms with Crippen molar-refractivity contribution in [3.63, 3.8) is 0 Å². The molecular weight excluding hydrogens is 382 g/mol. The topological polar surface area (TPSA) is 69.4 Å². The van der Waals surface area contributed by atoms with Crippen LogP contribution in [0.4, 0.5) is 5.69 Å². The van der Waals surface area contributed by atoms with E-state index in [0.29, 0.717) is 17.2 Å². The normalized spacial score (nSPS) is 14.0. The average molecular weight is 406 g/mol. The van der Waals surface area contributed by atoms with Crippen LogP contribution >= 0.6 is 11.3 Å². The second-order valence-electron chi connectivity index (χ2n) is 7.01. The molecule has 0 aliphatic carbocycles. The molecule has 1 aromatic heterocycles. The highest BCUT2D eigenvalue weighted by atomic mass is 32.1. The molecular formula is C23H23N3O2S. The van der Waals surface area contributed by atoms with Crippen LogP contribution in [0.15, 0.2) is 59.7 Å². The van der Waals surface area contributed by atoms with E-state index in [2.05, 4.69) is 31.0 Å². The number of hydrogen-bond acceptors (Lipinski definition) is 5. The number of aliphatic hydroxyl groups excluding tert-OH is 1. The van der Waals surface area contributed by atoms with E-state index in [1.807, 2.05) is 41.8 Å². The lowest BCUT2D eigenvalue weighted by atomic mass is 10.1. The van der Waals surface area contributed by atoms with Crippen molar-refractivity contribution < 1.29 is 9.84 Å². The van der Waals surface area contributed by atoms with Crippen LogP contribution in [0, 0.1) is 12.3 Å². The summed E-state index contributed by atoms with van der Waals surface area (Å²) in [7, 11) is 0. The van der Waals surface area contributed by atoms with Crippen molar-refractivity contribution in [1.29, 1.82) is 5.41 Å². The summed E-state index contributed by atoms with van der Waals surface area (Å²) in [6.07, 6.45) is 0.934. The van der Waals surface area contributed by atoms with Gasteiger partial charge in [-0.3, -0.25) is 5.41 Å². The molecule has 29 heavy (non-hydrogen) atoms. The first-order valence-corrected chi connectivity index (χ1v) is 10.5. The van der Waals surface area contributed by atoms with Crippen LogP contribution < -0.4 is 9.64 Å². The van der Waals surface area contributed by atoms with Crippen LogP contribution in [0.2, 0.25) is 0 Å². The molecule has 0 bridgehead atoms. The number of rotatable bonds is 6. The van der Waals surface area contributed by atoms with Gasteiger partial charge < -0.3 is 14.7 Å². The summed E-state index contributed by atoms with van der Waals surface area (Å²) in [5.41, 5.74) is 4.39. The molecule has 4 rings (SSSR count). The number of aromatic nitrogens is 1. The number of anilines is 1. The third kappa shape index (κ3) is 3.89. The van der Waals surface area contributed by atoms with E-state index in [4.69, 9.17) is 10.1 Å². The van der Waals surface area contributed by atoms with E-state index in [9.17, 15) is 5.11 Å². The fourth-order valence-corrected chi connectivity index (χ4v) is 4.13. The Kier molecular flexibility index (Phi) is 5.36. The Hall–Kier alpha value is -3.12. The number of aryl methyl sites for hydroxylation is 1. The number of amidine groups is 1. The predicted octanol–water partition coefficient (Wildman–Crippen LogP) is 5.67. The fourth-order valence-electron chi connectivity index (χ4n) is 3.23. The van der Waals surface area contributed by atoms with E-state index in [1.165, 1.54) is 16.9 Å². The number of nitrogens with zero attached hydrogens (tertiary/aromatic N) is 2. The maximum absolute atomic E-state index is 10.6. The lowest BCUT2D eigenvalue weighted by Crippen LogP contribution is -2.26. The van der Waals surface area contributed by atoms with E-state index in [1.54, 1.807) is 4.90 Å². The second-order valence-corrected chi connectivity index (χ2v) is 7.86. The van der Waals surface area contributed by atoms with Gasteiger partial charge in [0.2, 0.25) is 0 Å². The lowest BCUT2D eigenvalue weighted by molar-refractivity contribution is 0.317. The van der Waals surface area contributed by atoms with Crippen molar-refractivity contribution in [2.75, 3.05) is 18.1 Å². The molecule has 2 N–H and O–H groups in total. The maximum atomic E-state index is 10.6. The van der Waals surface area contributed by atoms with Gasteiger partial charge in [-0.1, -0.05) is 42.8 Å². The van der Waals surface area contributed by atoms with Crippen molar-refractivity contribution in [2.45, 2.75) is 20.3 Å². The molecule has 6 heteroatoms. The summed E-state index contributed by atoms with van der Waals surface area (Å²) >= 11 is 1.44. The van der Waals surface area contributed by atoms with E-state index < -0.39 is 0 Å². The molecule has 0 amide bonds. The molecule has 0 saturated heterocycles. The first kappa shape index (κ1) is 19.2. The first-order valence-electron chi connectivity index (χ1n) is 9.61. The standard InChI is InChI=1S/C23H23N3O2S/c1-3-11-28-18-6-4-5-17(12-18)26-13-20(27)21(22(26)24)23-25-19(14-29-23)16-9-7-15(2)8-10-16/h4-10,12,14,24,27H,3,11,13H2,1-2H3. The molecule has 0 spiro atoms. The first-order chi connectivity index (χ1) is 14.1. The number of benzene rings is 2. The van der Waals surface area contributed by atoms with Gasteiger partial charge in [-0.25, -0.2) is 4.98 Å². The highest BCUT2D eigenvalue weighted by Crippen LogP contribution is 2.35. The zero-order chi connectivity index (χ0) is 20.4. The molecule has 2 heterocycles. The van der Waals surface area contributed by atoms with E-state index in [-0.39, 0.29) is 18.1 Å². The fraction of sp³-hybridized carbons (Fsp3) is 0.217. The molecule has 5 nitrogen and oxygen atoms in total. The number of hydrogen-bond donors (Lipinski definition) is 2. The van der Waals surface area contributed by atoms with Gasteiger partial charge in [-0.2, -0.15) is 0 Å². The number of aliphatic hydroxyl groups is 1. The summed E-state index contributed by atoms with van der Waals surface area (Å²) in [6.45, 7) is 5.02. The Labute approximate surface area is 174 Å². The van der Waals surface area contributed by atoms with Gasteiger partial charge in [0.05, 0.1) is 24.4 Å². The largest absolute Gasteiger partial charge is 0.510 e. The minimum atomic E-state index is 0.166. The van der Waals surface area contributed by atoms with Crippen LogP contribution in [-0.2, 0) is 0 Å². The van der Waals surface area contributed by atoms with Crippen molar-refractivity contribution in [3.8, 4) is 17.0 Å². The molecule has 1 aliphatic rings. The molecule has 0 radical (unpaired) electrons. The second kappa shape index (κ2) is 8.09. The van der Waals surface area contributed by atoms with Crippen LogP contribution in [-0.4, -0.2) is 29.1 Å². The van der Waals surface area contributed by atoms with Gasteiger partial charge >= 0.3 is 0 Å². The summed E-state index contributed by atoms with van der Waals surface area (Å²) in [5, 5.41) is 21.9. The quantitative estimate of drug-likeness (QED) is 0.554. The van der Waals surface area contributed by atoms with Crippen molar-refractivity contribution in [1.82, 2.24) is 4.98 Å². The Morgan fingerprint density at radius 2 is 2.00 bits per heavy atom. The van der Waals surface area contributed by atoms with Gasteiger partial charge in [0.15, 0.2) is 0 Å². The summed E-state index contributed by atoms with van der Waals surface area (Å²) in [6, 6.07) is 15.8. The summed E-state index contributed by atoms with van der Waals surface area (Å²) in [4.78, 5) is 6.46. The van der Waals surface area contributed by atoms with Gasteiger partial charge in [-0.05, 0) is 25.5 Å². The third-order valence-corrected chi connectivity index (χ3v) is 5.63. The van der Waals surface area contributed by atoms with Gasteiger partial charge in [-0.15, -0.1) is 11.3 Å². The molecule has 0 saturated carbocycles. The van der Waals surface area contributed by atoms with Crippen molar-refractivity contribution in [3.05, 3.63) is 70.2 Å². The van der Waals surface area contributed by atoms with Crippen LogP contribution in [0.3, 0.4) is 0 Å². The number of thiazole rings is 1. The smallest absolute Gasteiger partial charge is 0.139 e. The molecule has 1 aliphatic heterocycles.